The van der Waals surface area contributed by atoms with Crippen molar-refractivity contribution in [1.82, 2.24) is 0 Å². The SMILES string of the molecule is Cc1cccc(N2C(=O)C[C@@H]3CS(=O)(=O)C[C@@H]32)c1C. The third-order valence-corrected chi connectivity index (χ3v) is 6.09. The van der Waals surface area contributed by atoms with Crippen LogP contribution in [0.4, 0.5) is 5.69 Å². The van der Waals surface area contributed by atoms with Gasteiger partial charge in [0.25, 0.3) is 0 Å². The summed E-state index contributed by atoms with van der Waals surface area (Å²) in [4.78, 5) is 13.9. The second-order valence-electron chi connectivity index (χ2n) is 5.59. The van der Waals surface area contributed by atoms with Crippen molar-refractivity contribution in [3.05, 3.63) is 29.3 Å². The molecule has 0 saturated carbocycles. The van der Waals surface area contributed by atoms with Gasteiger partial charge in [-0.2, -0.15) is 0 Å². The number of carbonyl (C=O) groups is 1. The maximum Gasteiger partial charge on any atom is 0.227 e. The summed E-state index contributed by atoms with van der Waals surface area (Å²) in [6.07, 6.45) is 0.358. The summed E-state index contributed by atoms with van der Waals surface area (Å²) in [5.74, 6) is 0.290. The molecule has 1 amide bonds. The highest BCUT2D eigenvalue weighted by Crippen LogP contribution is 2.38. The second-order valence-corrected chi connectivity index (χ2v) is 7.75. The molecular weight excluding hydrogens is 262 g/mol. The zero-order chi connectivity index (χ0) is 13.8. The van der Waals surface area contributed by atoms with E-state index in [0.29, 0.717) is 6.42 Å². The molecule has 2 saturated heterocycles. The number of sulfone groups is 1. The van der Waals surface area contributed by atoms with Crippen LogP contribution >= 0.6 is 0 Å². The molecule has 2 fully saturated rings. The maximum absolute atomic E-state index is 12.2. The van der Waals surface area contributed by atoms with E-state index in [1.807, 2.05) is 32.0 Å². The van der Waals surface area contributed by atoms with Crippen LogP contribution in [0, 0.1) is 19.8 Å². The highest BCUT2D eigenvalue weighted by atomic mass is 32.2. The van der Waals surface area contributed by atoms with Crippen LogP contribution in [0.2, 0.25) is 0 Å². The van der Waals surface area contributed by atoms with Gasteiger partial charge in [0.1, 0.15) is 0 Å². The fourth-order valence-electron chi connectivity index (χ4n) is 3.20. The summed E-state index contributed by atoms with van der Waals surface area (Å²) in [7, 11) is -2.99. The van der Waals surface area contributed by atoms with Crippen LogP contribution in [0.25, 0.3) is 0 Å². The molecule has 19 heavy (non-hydrogen) atoms. The van der Waals surface area contributed by atoms with Crippen LogP contribution in [0.5, 0.6) is 0 Å². The Labute approximate surface area is 113 Å². The van der Waals surface area contributed by atoms with E-state index in [0.717, 1.165) is 16.8 Å². The lowest BCUT2D eigenvalue weighted by Crippen LogP contribution is -2.36. The van der Waals surface area contributed by atoms with Gasteiger partial charge in [-0.1, -0.05) is 12.1 Å². The molecule has 2 aliphatic heterocycles. The molecule has 0 bridgehead atoms. The van der Waals surface area contributed by atoms with Gasteiger partial charge in [-0.05, 0) is 31.0 Å². The zero-order valence-electron chi connectivity index (χ0n) is 11.1. The lowest BCUT2D eigenvalue weighted by molar-refractivity contribution is -0.117. The molecule has 1 aromatic rings. The average Bonchev–Trinajstić information content (AvgIpc) is 2.73. The first kappa shape index (κ1) is 12.7. The second kappa shape index (κ2) is 4.07. The molecule has 0 unspecified atom stereocenters. The Bertz CT molecular complexity index is 651. The summed E-state index contributed by atoms with van der Waals surface area (Å²) >= 11 is 0. The van der Waals surface area contributed by atoms with Crippen LogP contribution in [-0.2, 0) is 14.6 Å². The van der Waals surface area contributed by atoms with Gasteiger partial charge in [0.15, 0.2) is 9.84 Å². The van der Waals surface area contributed by atoms with Gasteiger partial charge in [0, 0.05) is 18.0 Å². The number of hydrogen-bond donors (Lipinski definition) is 0. The lowest BCUT2D eigenvalue weighted by atomic mass is 10.0. The third-order valence-electron chi connectivity index (χ3n) is 4.31. The molecule has 1 aromatic carbocycles. The fourth-order valence-corrected chi connectivity index (χ4v) is 5.27. The molecule has 0 aliphatic carbocycles. The standard InChI is InChI=1S/C14H17NO3S/c1-9-4-3-5-12(10(9)2)15-13-8-19(17,18)7-11(13)6-14(15)16/h3-5,11,13H,6-8H2,1-2H3/t11-,13+/m1/s1. The van der Waals surface area contributed by atoms with Gasteiger partial charge in [-0.3, -0.25) is 4.79 Å². The van der Waals surface area contributed by atoms with Crippen molar-refractivity contribution in [2.24, 2.45) is 5.92 Å². The molecule has 2 heterocycles. The predicted octanol–water partition coefficient (Wildman–Crippen LogP) is 1.45. The van der Waals surface area contributed by atoms with E-state index in [1.54, 1.807) is 4.90 Å². The molecule has 0 N–H and O–H groups in total. The Morgan fingerprint density at radius 2 is 1.95 bits per heavy atom. The topological polar surface area (TPSA) is 54.5 Å². The molecule has 5 heteroatoms. The van der Waals surface area contributed by atoms with Gasteiger partial charge in [-0.15, -0.1) is 0 Å². The highest BCUT2D eigenvalue weighted by Gasteiger charge is 2.49. The van der Waals surface area contributed by atoms with Crippen molar-refractivity contribution in [1.29, 1.82) is 0 Å². The van der Waals surface area contributed by atoms with Gasteiger partial charge in [0.05, 0.1) is 17.5 Å². The highest BCUT2D eigenvalue weighted by molar-refractivity contribution is 7.91. The van der Waals surface area contributed by atoms with E-state index >= 15 is 0 Å². The van der Waals surface area contributed by atoms with Crippen molar-refractivity contribution in [3.63, 3.8) is 0 Å². The average molecular weight is 279 g/mol. The molecule has 102 valence electrons. The first-order chi connectivity index (χ1) is 8.89. The minimum absolute atomic E-state index is 0.0302. The van der Waals surface area contributed by atoms with Crippen LogP contribution in [0.1, 0.15) is 17.5 Å². The minimum Gasteiger partial charge on any atom is -0.308 e. The van der Waals surface area contributed by atoms with Crippen LogP contribution in [0.3, 0.4) is 0 Å². The number of anilines is 1. The van der Waals surface area contributed by atoms with Gasteiger partial charge in [-0.25, -0.2) is 8.42 Å². The smallest absolute Gasteiger partial charge is 0.227 e. The maximum atomic E-state index is 12.2. The van der Waals surface area contributed by atoms with E-state index in [-0.39, 0.29) is 29.4 Å². The van der Waals surface area contributed by atoms with Crippen LogP contribution in [-0.4, -0.2) is 31.9 Å². The van der Waals surface area contributed by atoms with Gasteiger partial charge in [0.2, 0.25) is 5.91 Å². The predicted molar refractivity (Wildman–Crippen MR) is 74.0 cm³/mol. The third kappa shape index (κ3) is 1.96. The number of benzene rings is 1. The summed E-state index contributed by atoms with van der Waals surface area (Å²) in [6.45, 7) is 3.98. The quantitative estimate of drug-likeness (QED) is 0.782. The van der Waals surface area contributed by atoms with E-state index in [1.165, 1.54) is 0 Å². The molecule has 3 rings (SSSR count). The Morgan fingerprint density at radius 1 is 1.21 bits per heavy atom. The first-order valence-corrected chi connectivity index (χ1v) is 8.30. The van der Waals surface area contributed by atoms with Crippen LogP contribution in [0.15, 0.2) is 18.2 Å². The molecular formula is C14H17NO3S. The molecule has 2 aliphatic rings. The van der Waals surface area contributed by atoms with E-state index in [2.05, 4.69) is 0 Å². The number of rotatable bonds is 1. The Balaban J connectivity index is 2.05. The zero-order valence-corrected chi connectivity index (χ0v) is 11.9. The first-order valence-electron chi connectivity index (χ1n) is 6.48. The van der Waals surface area contributed by atoms with Crippen molar-refractivity contribution in [2.75, 3.05) is 16.4 Å². The lowest BCUT2D eigenvalue weighted by Gasteiger charge is -2.25. The number of amides is 1. The molecule has 0 radical (unpaired) electrons. The fraction of sp³-hybridized carbons (Fsp3) is 0.500. The van der Waals surface area contributed by atoms with E-state index < -0.39 is 9.84 Å². The number of aryl methyl sites for hydroxylation is 1. The van der Waals surface area contributed by atoms with Crippen molar-refractivity contribution >= 4 is 21.4 Å². The summed E-state index contributed by atoms with van der Waals surface area (Å²) in [5, 5.41) is 0. The Morgan fingerprint density at radius 3 is 2.68 bits per heavy atom. The normalized spacial score (nSPS) is 28.7. The van der Waals surface area contributed by atoms with E-state index in [9.17, 15) is 13.2 Å². The molecule has 4 nitrogen and oxygen atoms in total. The van der Waals surface area contributed by atoms with Crippen molar-refractivity contribution < 1.29 is 13.2 Å². The molecule has 0 aromatic heterocycles. The van der Waals surface area contributed by atoms with Crippen LogP contribution < -0.4 is 4.90 Å². The number of hydrogen-bond acceptors (Lipinski definition) is 3. The minimum atomic E-state index is -2.99. The number of carbonyl (C=O) groups excluding carboxylic acids is 1. The van der Waals surface area contributed by atoms with Crippen molar-refractivity contribution in [3.8, 4) is 0 Å². The number of nitrogens with zero attached hydrogens (tertiary/aromatic N) is 1. The summed E-state index contributed by atoms with van der Waals surface area (Å²) in [6, 6.07) is 5.66. The Hall–Kier alpha value is -1.36. The summed E-state index contributed by atoms with van der Waals surface area (Å²) in [5.41, 5.74) is 3.05. The van der Waals surface area contributed by atoms with Gasteiger partial charge < -0.3 is 4.90 Å². The molecule has 0 spiro atoms. The van der Waals surface area contributed by atoms with Gasteiger partial charge >= 0.3 is 0 Å². The Kier molecular flexibility index (Phi) is 2.71. The number of fused-ring (bicyclic) bond motifs is 1. The van der Waals surface area contributed by atoms with E-state index in [4.69, 9.17) is 0 Å². The summed E-state index contributed by atoms with van der Waals surface area (Å²) < 4.78 is 23.5. The van der Waals surface area contributed by atoms with Crippen molar-refractivity contribution in [2.45, 2.75) is 26.3 Å². The monoisotopic (exact) mass is 279 g/mol. The molecule has 2 atom stereocenters. The largest absolute Gasteiger partial charge is 0.308 e.